The third-order valence-electron chi connectivity index (χ3n) is 2.40. The zero-order valence-electron chi connectivity index (χ0n) is 7.57. The van der Waals surface area contributed by atoms with Crippen LogP contribution in [0.3, 0.4) is 0 Å². The average Bonchev–Trinajstić information content (AvgIpc) is 2.69. The number of hydrogen-bond acceptors (Lipinski definition) is 3. The summed E-state index contributed by atoms with van der Waals surface area (Å²) in [5.41, 5.74) is 0. The van der Waals surface area contributed by atoms with Gasteiger partial charge in [-0.2, -0.15) is 0 Å². The van der Waals surface area contributed by atoms with Gasteiger partial charge in [0.1, 0.15) is 0 Å². The Morgan fingerprint density at radius 2 is 2.21 bits per heavy atom. The van der Waals surface area contributed by atoms with E-state index in [2.05, 4.69) is 37.9 Å². The lowest BCUT2D eigenvalue weighted by Gasteiger charge is -2.10. The Kier molecular flexibility index (Phi) is 3.73. The summed E-state index contributed by atoms with van der Waals surface area (Å²) < 4.78 is 0.909. The fourth-order valence-corrected chi connectivity index (χ4v) is 8.01. The fourth-order valence-electron chi connectivity index (χ4n) is 1.61. The largest absolute Gasteiger partial charge is 0.294 e. The van der Waals surface area contributed by atoms with Crippen molar-refractivity contribution in [2.45, 2.75) is 26.9 Å². The molecular weight excluding hydrogens is 348 g/mol. The zero-order chi connectivity index (χ0) is 10.3. The number of thioether (sulfide) groups is 2. The Labute approximate surface area is 109 Å². The first-order valence-corrected chi connectivity index (χ1v) is 8.14. The Morgan fingerprint density at radius 1 is 1.50 bits per heavy atom. The lowest BCUT2D eigenvalue weighted by Crippen LogP contribution is -2.13. The zero-order valence-corrected chi connectivity index (χ0v) is 12.4. The molecule has 14 heavy (non-hydrogen) atoms. The Bertz CT molecular complexity index is 293. The molecule has 4 atom stereocenters. The van der Waals surface area contributed by atoms with E-state index in [0.717, 1.165) is 4.91 Å². The molecule has 0 saturated carbocycles. The van der Waals surface area contributed by atoms with Gasteiger partial charge in [-0.3, -0.25) is 4.79 Å². The number of alkyl halides is 2. The van der Waals surface area contributed by atoms with Crippen LogP contribution in [-0.2, 0) is 4.79 Å². The van der Waals surface area contributed by atoms with Crippen LogP contribution in [-0.4, -0.2) is 19.4 Å². The number of rotatable bonds is 2. The Hall–Kier alpha value is 1.07. The summed E-state index contributed by atoms with van der Waals surface area (Å²) in [6.45, 7) is 1.92. The lowest BCUT2D eigenvalue weighted by molar-refractivity contribution is -0.114. The van der Waals surface area contributed by atoms with Crippen molar-refractivity contribution in [2.75, 3.05) is 0 Å². The highest BCUT2D eigenvalue weighted by molar-refractivity contribution is 9.13. The van der Waals surface area contributed by atoms with E-state index in [1.165, 1.54) is 0 Å². The molecule has 0 aromatic rings. The van der Waals surface area contributed by atoms with Gasteiger partial charge in [0, 0.05) is 22.5 Å². The minimum Gasteiger partial charge on any atom is -0.294 e. The van der Waals surface area contributed by atoms with Crippen LogP contribution in [0.4, 0.5) is 0 Å². The predicted octanol–water partition coefficient (Wildman–Crippen LogP) is 3.77. The molecule has 0 aliphatic carbocycles. The van der Waals surface area contributed by atoms with E-state index in [-0.39, 0.29) is 5.78 Å². The van der Waals surface area contributed by atoms with Gasteiger partial charge in [-0.05, 0) is 0 Å². The van der Waals surface area contributed by atoms with Gasteiger partial charge in [-0.15, -0.1) is 23.5 Å². The van der Waals surface area contributed by atoms with E-state index >= 15 is 0 Å². The lowest BCUT2D eigenvalue weighted by atomic mass is 10.1. The van der Waals surface area contributed by atoms with Crippen molar-refractivity contribution in [3.8, 4) is 0 Å². The smallest absolute Gasteiger partial charge is 0.168 e. The van der Waals surface area contributed by atoms with Crippen molar-refractivity contribution in [3.63, 3.8) is 0 Å². The van der Waals surface area contributed by atoms with Gasteiger partial charge in [0.2, 0.25) is 0 Å². The molecule has 2 rings (SSSR count). The molecule has 0 aromatic heterocycles. The second-order valence-corrected chi connectivity index (χ2v) is 9.00. The average molecular weight is 358 g/mol. The van der Waals surface area contributed by atoms with Crippen LogP contribution >= 0.6 is 55.4 Å². The highest BCUT2D eigenvalue weighted by Crippen LogP contribution is 2.56. The van der Waals surface area contributed by atoms with Crippen LogP contribution in [0.25, 0.3) is 0 Å². The van der Waals surface area contributed by atoms with Gasteiger partial charge < -0.3 is 0 Å². The SMILES string of the molecule is CCC(=O)C1=CC2C(Br)SC(Br)C2S1. The topological polar surface area (TPSA) is 17.1 Å². The summed E-state index contributed by atoms with van der Waals surface area (Å²) in [5.74, 6) is 0.786. The predicted molar refractivity (Wildman–Crippen MR) is 71.3 cm³/mol. The summed E-state index contributed by atoms with van der Waals surface area (Å²) >= 11 is 10.9. The van der Waals surface area contributed by atoms with Crippen molar-refractivity contribution in [3.05, 3.63) is 11.0 Å². The van der Waals surface area contributed by atoms with Crippen LogP contribution < -0.4 is 0 Å². The summed E-state index contributed by atoms with van der Waals surface area (Å²) in [6, 6.07) is 0. The highest BCUT2D eigenvalue weighted by atomic mass is 79.9. The molecule has 1 nitrogen and oxygen atoms in total. The van der Waals surface area contributed by atoms with E-state index < -0.39 is 0 Å². The molecular formula is C9H10Br2OS2. The first-order valence-electron chi connectivity index (χ1n) is 4.48. The van der Waals surface area contributed by atoms with Crippen LogP contribution in [0.15, 0.2) is 11.0 Å². The molecule has 2 heterocycles. The van der Waals surface area contributed by atoms with Gasteiger partial charge in [0.15, 0.2) is 5.78 Å². The maximum absolute atomic E-state index is 11.5. The molecule has 4 unspecified atom stereocenters. The summed E-state index contributed by atoms with van der Waals surface area (Å²) in [6.07, 6.45) is 2.76. The van der Waals surface area contributed by atoms with Crippen molar-refractivity contribution < 1.29 is 4.79 Å². The van der Waals surface area contributed by atoms with Crippen molar-refractivity contribution in [2.24, 2.45) is 5.92 Å². The van der Waals surface area contributed by atoms with Crippen LogP contribution in [0.1, 0.15) is 13.3 Å². The first kappa shape index (κ1) is 11.6. The van der Waals surface area contributed by atoms with Crippen LogP contribution in [0.2, 0.25) is 0 Å². The van der Waals surface area contributed by atoms with Crippen molar-refractivity contribution in [1.82, 2.24) is 0 Å². The number of ketones is 1. The highest BCUT2D eigenvalue weighted by Gasteiger charge is 2.45. The standard InChI is InChI=1S/C9H10Br2OS2/c1-2-5(12)6-3-4-7(13-6)9(11)14-8(4)10/h3-4,7-9H,2H2,1H3. The van der Waals surface area contributed by atoms with Crippen LogP contribution in [0, 0.1) is 5.92 Å². The number of carbonyl (C=O) groups is 1. The molecule has 0 radical (unpaired) electrons. The second-order valence-electron chi connectivity index (χ2n) is 3.31. The minimum absolute atomic E-state index is 0.286. The summed E-state index contributed by atoms with van der Waals surface area (Å²) in [7, 11) is 0. The normalized spacial score (nSPS) is 40.9. The Balaban J connectivity index is 2.14. The second kappa shape index (κ2) is 4.52. The van der Waals surface area contributed by atoms with E-state index in [0.29, 0.717) is 25.9 Å². The number of Topliss-reactive ketones (excluding diaryl/α,β-unsaturated/α-hetero) is 1. The molecule has 5 heteroatoms. The number of carbonyl (C=O) groups excluding carboxylic acids is 1. The van der Waals surface area contributed by atoms with Gasteiger partial charge in [0.25, 0.3) is 0 Å². The van der Waals surface area contributed by atoms with Gasteiger partial charge in [-0.1, -0.05) is 44.9 Å². The molecule has 2 aliphatic heterocycles. The van der Waals surface area contributed by atoms with E-state index in [9.17, 15) is 4.79 Å². The molecule has 78 valence electrons. The molecule has 0 N–H and O–H groups in total. The number of halogens is 2. The summed E-state index contributed by atoms with van der Waals surface area (Å²) in [5, 5.41) is 0.523. The number of allylic oxidation sites excluding steroid dienone is 2. The third kappa shape index (κ3) is 1.97. The maximum Gasteiger partial charge on any atom is 0.168 e. The quantitative estimate of drug-likeness (QED) is 0.700. The number of fused-ring (bicyclic) bond motifs is 1. The molecule has 0 amide bonds. The molecule has 0 aromatic carbocycles. The molecule has 0 bridgehead atoms. The van der Waals surface area contributed by atoms with Gasteiger partial charge in [-0.25, -0.2) is 0 Å². The molecule has 2 aliphatic rings. The van der Waals surface area contributed by atoms with Crippen molar-refractivity contribution >= 4 is 61.2 Å². The maximum atomic E-state index is 11.5. The van der Waals surface area contributed by atoms with Crippen molar-refractivity contribution in [1.29, 1.82) is 0 Å². The van der Waals surface area contributed by atoms with Crippen LogP contribution in [0.5, 0.6) is 0 Å². The minimum atomic E-state index is 0.286. The fraction of sp³-hybridized carbons (Fsp3) is 0.667. The van der Waals surface area contributed by atoms with Gasteiger partial charge in [0.05, 0.1) is 8.32 Å². The molecule has 1 saturated heterocycles. The molecule has 0 spiro atoms. The van der Waals surface area contributed by atoms with Gasteiger partial charge >= 0.3 is 0 Å². The third-order valence-corrected chi connectivity index (χ3v) is 8.00. The first-order chi connectivity index (χ1) is 6.63. The molecule has 1 fully saturated rings. The van der Waals surface area contributed by atoms with E-state index in [4.69, 9.17) is 0 Å². The van der Waals surface area contributed by atoms with E-state index in [1.807, 2.05) is 18.7 Å². The Morgan fingerprint density at radius 3 is 2.79 bits per heavy atom. The monoisotopic (exact) mass is 356 g/mol. The number of hydrogen-bond donors (Lipinski definition) is 0. The van der Waals surface area contributed by atoms with E-state index in [1.54, 1.807) is 11.8 Å². The summed E-state index contributed by atoms with van der Waals surface area (Å²) in [4.78, 5) is 12.5.